The first-order valence-electron chi connectivity index (χ1n) is 10.3. The highest BCUT2D eigenvalue weighted by Gasteiger charge is 2.26. The molecule has 0 saturated carbocycles. The molecule has 2 aromatic heterocycles. The number of halogens is 1. The number of hydrogen-bond donors (Lipinski definition) is 0. The minimum absolute atomic E-state index is 0.222. The van der Waals surface area contributed by atoms with Crippen LogP contribution in [-0.2, 0) is 19.5 Å². The van der Waals surface area contributed by atoms with Crippen molar-refractivity contribution < 1.29 is 0 Å². The molecular weight excluding hydrogens is 420 g/mol. The molecule has 160 valence electrons. The highest BCUT2D eigenvalue weighted by Crippen LogP contribution is 2.33. The molecule has 1 aromatic carbocycles. The molecule has 0 spiro atoms. The van der Waals surface area contributed by atoms with Gasteiger partial charge in [-0.05, 0) is 63.3 Å². The first kappa shape index (κ1) is 21.3. The van der Waals surface area contributed by atoms with Crippen LogP contribution < -0.4 is 11.2 Å². The zero-order valence-electron chi connectivity index (χ0n) is 17.7. The summed E-state index contributed by atoms with van der Waals surface area (Å²) in [6, 6.07) is 6.88. The van der Waals surface area contributed by atoms with E-state index in [2.05, 4.69) is 11.8 Å². The van der Waals surface area contributed by atoms with Crippen LogP contribution in [0.4, 0.5) is 0 Å². The second-order valence-electron chi connectivity index (χ2n) is 8.06. The summed E-state index contributed by atoms with van der Waals surface area (Å²) in [7, 11) is 3.97. The van der Waals surface area contributed by atoms with Gasteiger partial charge in [-0.2, -0.15) is 0 Å². The fraction of sp³-hybridized carbons (Fsp3) is 0.455. The van der Waals surface area contributed by atoms with Crippen LogP contribution in [-0.4, -0.2) is 52.7 Å². The predicted molar refractivity (Wildman–Crippen MR) is 125 cm³/mol. The zero-order valence-corrected chi connectivity index (χ0v) is 19.2. The van der Waals surface area contributed by atoms with Gasteiger partial charge in [0.1, 0.15) is 4.83 Å². The molecule has 3 aromatic rings. The summed E-state index contributed by atoms with van der Waals surface area (Å²) in [5.74, 6) is 0. The van der Waals surface area contributed by atoms with E-state index in [1.807, 2.05) is 19.0 Å². The number of fused-ring (bicyclic) bond motifs is 3. The normalized spacial score (nSPS) is 14.6. The summed E-state index contributed by atoms with van der Waals surface area (Å²) in [5, 5.41) is 1.28. The van der Waals surface area contributed by atoms with Gasteiger partial charge < -0.3 is 4.90 Å². The molecule has 0 bridgehead atoms. The third-order valence-electron chi connectivity index (χ3n) is 5.60. The second-order valence-corrected chi connectivity index (χ2v) is 9.58. The largest absolute Gasteiger partial charge is 0.336 e. The van der Waals surface area contributed by atoms with Crippen molar-refractivity contribution >= 4 is 33.2 Å². The first-order chi connectivity index (χ1) is 14.4. The summed E-state index contributed by atoms with van der Waals surface area (Å²) in [6.45, 7) is 6.29. The molecule has 4 rings (SSSR count). The van der Waals surface area contributed by atoms with Gasteiger partial charge in [0, 0.05) is 36.1 Å². The standard InChI is InChI=1S/C22H27ClN4O2S/c1-4-10-25-11-9-17-18(14-25)30-21-19(17)20(28)27(16-7-5-15(23)6-8-16)22(29)26(21)13-12-24(2)3/h5-8H,4,9-14H2,1-3H3. The highest BCUT2D eigenvalue weighted by atomic mass is 35.5. The van der Waals surface area contributed by atoms with Crippen LogP contribution in [0.15, 0.2) is 33.9 Å². The number of aromatic nitrogens is 2. The lowest BCUT2D eigenvalue weighted by Gasteiger charge is -2.26. The fourth-order valence-corrected chi connectivity index (χ4v) is 5.61. The zero-order chi connectivity index (χ0) is 21.4. The molecule has 0 saturated heterocycles. The number of nitrogens with zero attached hydrogens (tertiary/aromatic N) is 4. The van der Waals surface area contributed by atoms with Crippen LogP contribution in [0.25, 0.3) is 15.9 Å². The number of rotatable bonds is 6. The van der Waals surface area contributed by atoms with Gasteiger partial charge in [-0.3, -0.25) is 14.3 Å². The van der Waals surface area contributed by atoms with Crippen LogP contribution in [0.5, 0.6) is 0 Å². The molecule has 1 aliphatic heterocycles. The topological polar surface area (TPSA) is 50.5 Å². The van der Waals surface area contributed by atoms with E-state index in [9.17, 15) is 9.59 Å². The van der Waals surface area contributed by atoms with Crippen LogP contribution in [0.3, 0.4) is 0 Å². The van der Waals surface area contributed by atoms with Crippen LogP contribution in [0.1, 0.15) is 23.8 Å². The molecule has 8 heteroatoms. The summed E-state index contributed by atoms with van der Waals surface area (Å²) in [6.07, 6.45) is 1.95. The molecule has 0 unspecified atom stereocenters. The lowest BCUT2D eigenvalue weighted by molar-refractivity contribution is 0.258. The Morgan fingerprint density at radius 1 is 1.13 bits per heavy atom. The summed E-state index contributed by atoms with van der Waals surface area (Å²) in [4.78, 5) is 33.5. The van der Waals surface area contributed by atoms with Crippen LogP contribution in [0.2, 0.25) is 5.02 Å². The molecule has 0 atom stereocenters. The highest BCUT2D eigenvalue weighted by molar-refractivity contribution is 7.18. The minimum atomic E-state index is -0.291. The number of benzene rings is 1. The molecule has 3 heterocycles. The van der Waals surface area contributed by atoms with E-state index < -0.39 is 0 Å². The third-order valence-corrected chi connectivity index (χ3v) is 7.09. The van der Waals surface area contributed by atoms with Crippen LogP contribution in [0, 0.1) is 0 Å². The Kier molecular flexibility index (Phi) is 6.16. The fourth-order valence-electron chi connectivity index (χ4n) is 4.08. The Hall–Kier alpha value is -1.93. The second kappa shape index (κ2) is 8.67. The van der Waals surface area contributed by atoms with E-state index in [-0.39, 0.29) is 11.2 Å². The van der Waals surface area contributed by atoms with Gasteiger partial charge in [-0.1, -0.05) is 18.5 Å². The third kappa shape index (κ3) is 3.87. The van der Waals surface area contributed by atoms with Crippen LogP contribution >= 0.6 is 22.9 Å². The van der Waals surface area contributed by atoms with E-state index >= 15 is 0 Å². The van der Waals surface area contributed by atoms with Gasteiger partial charge in [0.25, 0.3) is 5.56 Å². The first-order valence-corrected chi connectivity index (χ1v) is 11.5. The van der Waals surface area contributed by atoms with Crippen molar-refractivity contribution in [2.75, 3.05) is 33.7 Å². The van der Waals surface area contributed by atoms with E-state index in [1.165, 1.54) is 9.44 Å². The lowest BCUT2D eigenvalue weighted by Crippen LogP contribution is -2.40. The number of hydrogen-bond acceptors (Lipinski definition) is 5. The Bertz CT molecular complexity index is 1180. The van der Waals surface area contributed by atoms with Gasteiger partial charge >= 0.3 is 5.69 Å². The van der Waals surface area contributed by atoms with Gasteiger partial charge in [0.2, 0.25) is 0 Å². The number of likely N-dealkylation sites (N-methyl/N-ethyl adjacent to an activating group) is 1. The lowest BCUT2D eigenvalue weighted by atomic mass is 10.1. The van der Waals surface area contributed by atoms with Gasteiger partial charge in [-0.25, -0.2) is 9.36 Å². The summed E-state index contributed by atoms with van der Waals surface area (Å²) in [5.41, 5.74) is 1.16. The molecule has 0 aliphatic carbocycles. The van der Waals surface area contributed by atoms with E-state index in [1.54, 1.807) is 40.2 Å². The maximum Gasteiger partial charge on any atom is 0.336 e. The molecule has 1 aliphatic rings. The van der Waals surface area contributed by atoms with Crippen molar-refractivity contribution in [2.24, 2.45) is 0 Å². The summed E-state index contributed by atoms with van der Waals surface area (Å²) < 4.78 is 3.08. The van der Waals surface area contributed by atoms with Crippen molar-refractivity contribution in [2.45, 2.75) is 32.9 Å². The maximum absolute atomic E-state index is 13.6. The average molecular weight is 447 g/mol. The van der Waals surface area contributed by atoms with Crippen molar-refractivity contribution in [3.63, 3.8) is 0 Å². The molecular formula is C22H27ClN4O2S. The maximum atomic E-state index is 13.6. The Morgan fingerprint density at radius 2 is 1.87 bits per heavy atom. The van der Waals surface area contributed by atoms with Crippen molar-refractivity contribution in [1.29, 1.82) is 0 Å². The van der Waals surface area contributed by atoms with Crippen molar-refractivity contribution in [3.05, 3.63) is 60.6 Å². The molecule has 0 radical (unpaired) electrons. The summed E-state index contributed by atoms with van der Waals surface area (Å²) >= 11 is 7.64. The van der Waals surface area contributed by atoms with E-state index in [4.69, 9.17) is 11.6 Å². The van der Waals surface area contributed by atoms with Crippen molar-refractivity contribution in [1.82, 2.24) is 18.9 Å². The Balaban J connectivity index is 1.96. The smallest absolute Gasteiger partial charge is 0.308 e. The minimum Gasteiger partial charge on any atom is -0.308 e. The Labute approximate surface area is 184 Å². The molecule has 6 nitrogen and oxygen atoms in total. The average Bonchev–Trinajstić information content (AvgIpc) is 3.08. The predicted octanol–water partition coefficient (Wildman–Crippen LogP) is 3.20. The van der Waals surface area contributed by atoms with Gasteiger partial charge in [-0.15, -0.1) is 11.3 Å². The van der Waals surface area contributed by atoms with E-state index in [0.717, 1.165) is 49.4 Å². The quantitative estimate of drug-likeness (QED) is 0.583. The molecule has 0 amide bonds. The van der Waals surface area contributed by atoms with Crippen molar-refractivity contribution in [3.8, 4) is 5.69 Å². The molecule has 0 N–H and O–H groups in total. The number of thiophene rings is 1. The molecule has 30 heavy (non-hydrogen) atoms. The SMILES string of the molecule is CCCN1CCc2c(sc3c2c(=O)n(-c2ccc(Cl)cc2)c(=O)n3CCN(C)C)C1. The molecule has 0 fully saturated rings. The van der Waals surface area contributed by atoms with Gasteiger partial charge in [0.15, 0.2) is 0 Å². The van der Waals surface area contributed by atoms with Gasteiger partial charge in [0.05, 0.1) is 11.1 Å². The monoisotopic (exact) mass is 446 g/mol. The van der Waals surface area contributed by atoms with E-state index in [0.29, 0.717) is 22.6 Å². The Morgan fingerprint density at radius 3 is 2.53 bits per heavy atom.